The molecular weight excluding hydrogens is 334 g/mol. The van der Waals surface area contributed by atoms with E-state index in [1.54, 1.807) is 0 Å². The number of morpholine rings is 1. The van der Waals surface area contributed by atoms with Crippen molar-refractivity contribution >= 4 is 21.8 Å². The summed E-state index contributed by atoms with van der Waals surface area (Å²) in [5.41, 5.74) is 7.11. The molecule has 0 bridgehead atoms. The van der Waals surface area contributed by atoms with Crippen molar-refractivity contribution in [1.29, 1.82) is 0 Å². The number of likely N-dealkylation sites (N-methyl/N-ethyl adjacent to an activating group) is 1. The zero-order valence-corrected chi connectivity index (χ0v) is 13.8. The zero-order valence-electron chi connectivity index (χ0n) is 12.2. The molecule has 5 nitrogen and oxygen atoms in total. The van der Waals surface area contributed by atoms with Gasteiger partial charge < -0.3 is 15.8 Å². The fourth-order valence-electron chi connectivity index (χ4n) is 2.66. The van der Waals surface area contributed by atoms with Crippen molar-refractivity contribution in [3.8, 4) is 0 Å². The van der Waals surface area contributed by atoms with Gasteiger partial charge in [-0.05, 0) is 24.6 Å². The molecule has 0 radical (unpaired) electrons. The van der Waals surface area contributed by atoms with Gasteiger partial charge in [0.05, 0.1) is 13.2 Å². The maximum Gasteiger partial charge on any atom is 0.239 e. The van der Waals surface area contributed by atoms with E-state index in [2.05, 4.69) is 26.1 Å². The molecule has 116 valence electrons. The molecule has 2 rings (SSSR count). The number of ether oxygens (including phenoxy) is 1. The van der Waals surface area contributed by atoms with Crippen LogP contribution in [-0.2, 0) is 9.53 Å². The summed E-state index contributed by atoms with van der Waals surface area (Å²) in [7, 11) is 0. The molecule has 2 atom stereocenters. The largest absolute Gasteiger partial charge is 0.378 e. The van der Waals surface area contributed by atoms with Gasteiger partial charge in [-0.3, -0.25) is 9.69 Å². The number of nitrogens with zero attached hydrogens (tertiary/aromatic N) is 1. The van der Waals surface area contributed by atoms with Crippen LogP contribution in [0.15, 0.2) is 28.7 Å². The molecule has 2 unspecified atom stereocenters. The number of nitrogens with two attached hydrogens (primary N) is 1. The highest BCUT2D eigenvalue weighted by Gasteiger charge is 2.34. The number of halogens is 1. The molecule has 0 saturated carbocycles. The molecule has 1 amide bonds. The minimum absolute atomic E-state index is 0.00719. The monoisotopic (exact) mass is 355 g/mol. The number of carbonyl (C=O) groups is 1. The van der Waals surface area contributed by atoms with E-state index in [4.69, 9.17) is 10.5 Å². The number of benzene rings is 1. The fraction of sp³-hybridized carbons (Fsp3) is 0.533. The Morgan fingerprint density at radius 1 is 1.52 bits per heavy atom. The molecule has 1 aliphatic heterocycles. The van der Waals surface area contributed by atoms with Gasteiger partial charge in [0, 0.05) is 30.1 Å². The van der Waals surface area contributed by atoms with Crippen LogP contribution in [0.3, 0.4) is 0 Å². The minimum Gasteiger partial charge on any atom is -0.378 e. The minimum atomic E-state index is -0.282. The van der Waals surface area contributed by atoms with Crippen molar-refractivity contribution in [2.45, 2.75) is 19.0 Å². The molecule has 1 aromatic rings. The van der Waals surface area contributed by atoms with Crippen LogP contribution in [0.2, 0.25) is 0 Å². The predicted octanol–water partition coefficient (Wildman–Crippen LogP) is 1.29. The lowest BCUT2D eigenvalue weighted by Gasteiger charge is -2.39. The molecule has 3 N–H and O–H groups in total. The lowest BCUT2D eigenvalue weighted by Crippen LogP contribution is -2.55. The molecule has 0 aliphatic carbocycles. The van der Waals surface area contributed by atoms with E-state index < -0.39 is 0 Å². The third-order valence-corrected chi connectivity index (χ3v) is 4.23. The van der Waals surface area contributed by atoms with Crippen molar-refractivity contribution < 1.29 is 9.53 Å². The van der Waals surface area contributed by atoms with Gasteiger partial charge in [0.1, 0.15) is 6.04 Å². The van der Waals surface area contributed by atoms with Gasteiger partial charge in [0.25, 0.3) is 0 Å². The molecule has 1 aromatic carbocycles. The van der Waals surface area contributed by atoms with E-state index in [0.717, 1.165) is 10.0 Å². The van der Waals surface area contributed by atoms with Crippen molar-refractivity contribution in [2.75, 3.05) is 32.8 Å². The van der Waals surface area contributed by atoms with Crippen LogP contribution in [0.25, 0.3) is 0 Å². The van der Waals surface area contributed by atoms with E-state index >= 15 is 0 Å². The van der Waals surface area contributed by atoms with Gasteiger partial charge in [-0.15, -0.1) is 0 Å². The number of nitrogens with one attached hydrogen (secondary N) is 1. The molecule has 1 heterocycles. The van der Waals surface area contributed by atoms with Crippen LogP contribution in [-0.4, -0.2) is 49.7 Å². The molecular formula is C15H22BrN3O2. The van der Waals surface area contributed by atoms with E-state index in [1.165, 1.54) is 0 Å². The quantitative estimate of drug-likeness (QED) is 0.834. The number of amides is 1. The number of hydrogen-bond acceptors (Lipinski definition) is 4. The van der Waals surface area contributed by atoms with Crippen LogP contribution in [0.5, 0.6) is 0 Å². The van der Waals surface area contributed by atoms with Crippen LogP contribution in [0, 0.1) is 0 Å². The second-order valence-corrected chi connectivity index (χ2v) is 5.94. The molecule has 1 saturated heterocycles. The summed E-state index contributed by atoms with van der Waals surface area (Å²) in [6.07, 6.45) is 0. The first-order valence-corrected chi connectivity index (χ1v) is 8.03. The average Bonchev–Trinajstić information content (AvgIpc) is 2.50. The lowest BCUT2D eigenvalue weighted by molar-refractivity contribution is -0.134. The van der Waals surface area contributed by atoms with Crippen molar-refractivity contribution in [3.05, 3.63) is 34.3 Å². The molecule has 1 fully saturated rings. The summed E-state index contributed by atoms with van der Waals surface area (Å²) in [5.74, 6) is 0.00719. The summed E-state index contributed by atoms with van der Waals surface area (Å²) in [4.78, 5) is 14.4. The maximum absolute atomic E-state index is 12.2. The Morgan fingerprint density at radius 2 is 2.24 bits per heavy atom. The SMILES string of the molecule is CCNC(=O)C1COCCN1C(CN)c1ccc(Br)cc1. The van der Waals surface area contributed by atoms with Gasteiger partial charge in [-0.2, -0.15) is 0 Å². The average molecular weight is 356 g/mol. The Bertz CT molecular complexity index is 466. The number of rotatable bonds is 5. The van der Waals surface area contributed by atoms with Gasteiger partial charge >= 0.3 is 0 Å². The van der Waals surface area contributed by atoms with Crippen LogP contribution in [0.4, 0.5) is 0 Å². The highest BCUT2D eigenvalue weighted by Crippen LogP contribution is 2.25. The van der Waals surface area contributed by atoms with Crippen LogP contribution in [0.1, 0.15) is 18.5 Å². The Morgan fingerprint density at radius 3 is 2.86 bits per heavy atom. The normalized spacial score (nSPS) is 21.0. The Balaban J connectivity index is 2.20. The Labute approximate surface area is 134 Å². The number of carbonyl (C=O) groups excluding carboxylic acids is 1. The van der Waals surface area contributed by atoms with E-state index in [0.29, 0.717) is 32.8 Å². The summed E-state index contributed by atoms with van der Waals surface area (Å²) < 4.78 is 6.51. The fourth-order valence-corrected chi connectivity index (χ4v) is 2.92. The first-order chi connectivity index (χ1) is 10.2. The topological polar surface area (TPSA) is 67.6 Å². The highest BCUT2D eigenvalue weighted by molar-refractivity contribution is 9.10. The smallest absolute Gasteiger partial charge is 0.239 e. The number of hydrogen-bond donors (Lipinski definition) is 2. The van der Waals surface area contributed by atoms with Gasteiger partial charge in [0.15, 0.2) is 0 Å². The van der Waals surface area contributed by atoms with E-state index in [-0.39, 0.29) is 18.0 Å². The Kier molecular flexibility index (Phi) is 6.17. The standard InChI is InChI=1S/C15H22BrN3O2/c1-2-18-15(20)14-10-21-8-7-19(14)13(9-17)11-3-5-12(16)6-4-11/h3-6,13-14H,2,7-10,17H2,1H3,(H,18,20). The second kappa shape index (κ2) is 7.89. The van der Waals surface area contributed by atoms with Gasteiger partial charge in [-0.25, -0.2) is 0 Å². The van der Waals surface area contributed by atoms with Crippen molar-refractivity contribution in [2.24, 2.45) is 5.73 Å². The van der Waals surface area contributed by atoms with Crippen molar-refractivity contribution in [1.82, 2.24) is 10.2 Å². The summed E-state index contributed by atoms with van der Waals surface area (Å²) in [5, 5.41) is 2.88. The predicted molar refractivity (Wildman–Crippen MR) is 85.9 cm³/mol. The first kappa shape index (κ1) is 16.4. The second-order valence-electron chi connectivity index (χ2n) is 5.03. The zero-order chi connectivity index (χ0) is 15.2. The van der Waals surface area contributed by atoms with Gasteiger partial charge in [0.2, 0.25) is 5.91 Å². The summed E-state index contributed by atoms with van der Waals surface area (Å²) in [6, 6.07) is 7.84. The van der Waals surface area contributed by atoms with Crippen LogP contribution < -0.4 is 11.1 Å². The van der Waals surface area contributed by atoms with Crippen molar-refractivity contribution in [3.63, 3.8) is 0 Å². The highest BCUT2D eigenvalue weighted by atomic mass is 79.9. The van der Waals surface area contributed by atoms with Crippen LogP contribution >= 0.6 is 15.9 Å². The lowest BCUT2D eigenvalue weighted by atomic mass is 10.0. The molecule has 0 spiro atoms. The third kappa shape index (κ3) is 4.03. The summed E-state index contributed by atoms with van der Waals surface area (Å²) >= 11 is 3.44. The Hall–Kier alpha value is -0.950. The van der Waals surface area contributed by atoms with Gasteiger partial charge in [-0.1, -0.05) is 28.1 Å². The summed E-state index contributed by atoms with van der Waals surface area (Å²) in [6.45, 7) is 4.76. The third-order valence-electron chi connectivity index (χ3n) is 3.70. The van der Waals surface area contributed by atoms with E-state index in [9.17, 15) is 4.79 Å². The molecule has 0 aromatic heterocycles. The first-order valence-electron chi connectivity index (χ1n) is 7.24. The molecule has 6 heteroatoms. The molecule has 1 aliphatic rings. The molecule has 21 heavy (non-hydrogen) atoms. The maximum atomic E-state index is 12.2. The van der Waals surface area contributed by atoms with E-state index in [1.807, 2.05) is 31.2 Å².